The molecule has 4 aromatic rings. The first kappa shape index (κ1) is 24.0. The molecule has 1 unspecified atom stereocenters. The lowest BCUT2D eigenvalue weighted by atomic mass is 10.0. The zero-order valence-electron chi connectivity index (χ0n) is 20.1. The van der Waals surface area contributed by atoms with E-state index in [0.717, 1.165) is 22.4 Å². The van der Waals surface area contributed by atoms with Crippen molar-refractivity contribution in [2.45, 2.75) is 58.0 Å². The quantitative estimate of drug-likeness (QED) is 0.353. The summed E-state index contributed by atoms with van der Waals surface area (Å²) in [5, 5.41) is 3.96. The third-order valence-electron chi connectivity index (χ3n) is 5.90. The number of aromatic nitrogens is 5. The van der Waals surface area contributed by atoms with Gasteiger partial charge in [0.2, 0.25) is 15.9 Å². The van der Waals surface area contributed by atoms with Crippen molar-refractivity contribution in [2.24, 2.45) is 5.92 Å². The van der Waals surface area contributed by atoms with Gasteiger partial charge in [0, 0.05) is 26.2 Å². The fraction of sp³-hybridized carbons (Fsp3) is 0.417. The Morgan fingerprint density at radius 1 is 1.12 bits per heavy atom. The van der Waals surface area contributed by atoms with Gasteiger partial charge in [-0.05, 0) is 43.0 Å². The van der Waals surface area contributed by atoms with Gasteiger partial charge in [0.05, 0.1) is 16.6 Å². The average molecular weight is 483 g/mol. The molecule has 4 rings (SSSR count). The van der Waals surface area contributed by atoms with Crippen LogP contribution in [0.2, 0.25) is 0 Å². The molecule has 9 nitrogen and oxygen atoms in total. The smallest absolute Gasteiger partial charge is 0.245 e. The van der Waals surface area contributed by atoms with Gasteiger partial charge in [-0.25, -0.2) is 13.4 Å². The minimum atomic E-state index is -3.77. The lowest BCUT2D eigenvalue weighted by Crippen LogP contribution is -2.32. The second-order valence-electron chi connectivity index (χ2n) is 8.82. The van der Waals surface area contributed by atoms with E-state index in [1.54, 1.807) is 31.6 Å². The Bertz CT molecular complexity index is 1380. The van der Waals surface area contributed by atoms with Crippen LogP contribution < -0.4 is 0 Å². The Morgan fingerprint density at radius 2 is 1.85 bits per heavy atom. The van der Waals surface area contributed by atoms with Gasteiger partial charge in [-0.1, -0.05) is 38.1 Å². The molecule has 3 aromatic heterocycles. The number of pyridine rings is 1. The molecule has 0 N–H and O–H groups in total. The predicted octanol–water partition coefficient (Wildman–Crippen LogP) is 4.14. The largest absolute Gasteiger partial charge is 0.338 e. The van der Waals surface area contributed by atoms with Crippen LogP contribution in [0.25, 0.3) is 11.0 Å². The van der Waals surface area contributed by atoms with Gasteiger partial charge in [-0.3, -0.25) is 4.98 Å². The fourth-order valence-electron chi connectivity index (χ4n) is 3.98. The van der Waals surface area contributed by atoms with E-state index < -0.39 is 16.1 Å². The Kier molecular flexibility index (Phi) is 6.81. The van der Waals surface area contributed by atoms with Crippen LogP contribution in [0.1, 0.15) is 56.3 Å². The molecule has 3 heterocycles. The van der Waals surface area contributed by atoms with Crippen molar-refractivity contribution in [1.82, 2.24) is 29.0 Å². The van der Waals surface area contributed by atoms with Crippen LogP contribution in [-0.4, -0.2) is 44.4 Å². The average Bonchev–Trinajstić information content (AvgIpc) is 3.42. The molecule has 1 atom stereocenters. The summed E-state index contributed by atoms with van der Waals surface area (Å²) in [7, 11) is -2.20. The highest BCUT2D eigenvalue weighted by Crippen LogP contribution is 2.31. The fourth-order valence-corrected chi connectivity index (χ4v) is 5.31. The lowest BCUT2D eigenvalue weighted by Gasteiger charge is -2.26. The second-order valence-corrected chi connectivity index (χ2v) is 10.8. The number of fused-ring (bicyclic) bond motifs is 1. The van der Waals surface area contributed by atoms with Gasteiger partial charge in [-0.2, -0.15) is 9.29 Å². The van der Waals surface area contributed by atoms with Gasteiger partial charge >= 0.3 is 0 Å². The topological polar surface area (TPSA) is 107 Å². The summed E-state index contributed by atoms with van der Waals surface area (Å²) in [6, 6.07) is 8.37. The SMILES string of the molecule is CCc1noc(C(CC(C)C)N(C)S(=O)(=O)c2ccc(Cn3c(C)nc4cnccc43)cc2)n1. The molecule has 0 aliphatic carbocycles. The maximum Gasteiger partial charge on any atom is 0.245 e. The second kappa shape index (κ2) is 9.63. The maximum absolute atomic E-state index is 13.5. The molecule has 0 saturated carbocycles. The normalized spacial score (nSPS) is 13.3. The number of rotatable bonds is 9. The number of sulfonamides is 1. The molecule has 10 heteroatoms. The summed E-state index contributed by atoms with van der Waals surface area (Å²) in [4.78, 5) is 13.3. The van der Waals surface area contributed by atoms with Gasteiger partial charge in [0.1, 0.15) is 17.4 Å². The zero-order chi connectivity index (χ0) is 24.5. The van der Waals surface area contributed by atoms with Crippen LogP contribution >= 0.6 is 0 Å². The molecule has 0 amide bonds. The Balaban J connectivity index is 1.59. The van der Waals surface area contributed by atoms with E-state index in [9.17, 15) is 8.42 Å². The van der Waals surface area contributed by atoms with Crippen LogP contribution in [0.5, 0.6) is 0 Å². The standard InChI is InChI=1S/C24H30N6O3S/c1-6-23-27-24(33-28-23)22(13-16(2)3)29(5)34(31,32)19-9-7-18(8-10-19)15-30-17(4)26-20-14-25-12-11-21(20)30/h7-12,14,16,22H,6,13,15H2,1-5H3. The summed E-state index contributed by atoms with van der Waals surface area (Å²) in [5.74, 6) is 2.01. The molecule has 0 radical (unpaired) electrons. The predicted molar refractivity (Wildman–Crippen MR) is 129 cm³/mol. The summed E-state index contributed by atoms with van der Waals surface area (Å²) in [5.41, 5.74) is 2.81. The number of nitrogens with zero attached hydrogens (tertiary/aromatic N) is 6. The van der Waals surface area contributed by atoms with Crippen molar-refractivity contribution in [1.29, 1.82) is 0 Å². The van der Waals surface area contributed by atoms with Crippen molar-refractivity contribution in [3.63, 3.8) is 0 Å². The molecular weight excluding hydrogens is 452 g/mol. The Morgan fingerprint density at radius 3 is 2.50 bits per heavy atom. The molecule has 0 spiro atoms. The molecule has 0 bridgehead atoms. The third kappa shape index (κ3) is 4.74. The van der Waals surface area contributed by atoms with Gasteiger partial charge in [0.15, 0.2) is 5.82 Å². The van der Waals surface area contributed by atoms with Crippen LogP contribution in [0, 0.1) is 12.8 Å². The third-order valence-corrected chi connectivity index (χ3v) is 7.78. The summed E-state index contributed by atoms with van der Waals surface area (Å²) >= 11 is 0. The molecule has 0 fully saturated rings. The van der Waals surface area contributed by atoms with Crippen molar-refractivity contribution in [3.05, 3.63) is 65.8 Å². The number of aryl methyl sites for hydroxylation is 2. The lowest BCUT2D eigenvalue weighted by molar-refractivity contribution is 0.247. The monoisotopic (exact) mass is 482 g/mol. The number of imidazole rings is 1. The van der Waals surface area contributed by atoms with E-state index in [2.05, 4.69) is 24.7 Å². The molecule has 0 aliphatic rings. The van der Waals surface area contributed by atoms with Crippen molar-refractivity contribution in [3.8, 4) is 0 Å². The number of hydrogen-bond donors (Lipinski definition) is 0. The van der Waals surface area contributed by atoms with Gasteiger partial charge < -0.3 is 9.09 Å². The molecule has 180 valence electrons. The summed E-state index contributed by atoms with van der Waals surface area (Å²) in [6.45, 7) is 8.54. The van der Waals surface area contributed by atoms with Crippen LogP contribution in [-0.2, 0) is 23.0 Å². The van der Waals surface area contributed by atoms with E-state index in [4.69, 9.17) is 4.52 Å². The van der Waals surface area contributed by atoms with Gasteiger partial charge in [0.25, 0.3) is 0 Å². The zero-order valence-corrected chi connectivity index (χ0v) is 21.0. The van der Waals surface area contributed by atoms with E-state index in [0.29, 0.717) is 31.1 Å². The highest BCUT2D eigenvalue weighted by molar-refractivity contribution is 7.89. The highest BCUT2D eigenvalue weighted by Gasteiger charge is 2.33. The van der Waals surface area contributed by atoms with Crippen LogP contribution in [0.4, 0.5) is 0 Å². The van der Waals surface area contributed by atoms with Crippen LogP contribution in [0.3, 0.4) is 0 Å². The van der Waals surface area contributed by atoms with E-state index in [-0.39, 0.29) is 10.8 Å². The highest BCUT2D eigenvalue weighted by atomic mass is 32.2. The van der Waals surface area contributed by atoms with E-state index >= 15 is 0 Å². The molecule has 0 aliphatic heterocycles. The number of benzene rings is 1. The van der Waals surface area contributed by atoms with E-state index in [1.807, 2.05) is 45.9 Å². The molecular formula is C24H30N6O3S. The first-order valence-corrected chi connectivity index (χ1v) is 12.8. The van der Waals surface area contributed by atoms with Crippen molar-refractivity contribution < 1.29 is 12.9 Å². The minimum absolute atomic E-state index is 0.221. The maximum atomic E-state index is 13.5. The van der Waals surface area contributed by atoms with Crippen molar-refractivity contribution >= 4 is 21.1 Å². The molecule has 0 saturated heterocycles. The first-order valence-electron chi connectivity index (χ1n) is 11.4. The van der Waals surface area contributed by atoms with Gasteiger partial charge in [-0.15, -0.1) is 0 Å². The Hall–Kier alpha value is -3.11. The number of hydrogen-bond acceptors (Lipinski definition) is 7. The van der Waals surface area contributed by atoms with Crippen molar-refractivity contribution in [2.75, 3.05) is 7.05 Å². The Labute approximate surface area is 199 Å². The van der Waals surface area contributed by atoms with E-state index in [1.165, 1.54) is 4.31 Å². The molecule has 34 heavy (non-hydrogen) atoms. The van der Waals surface area contributed by atoms with Crippen LogP contribution in [0.15, 0.2) is 52.1 Å². The minimum Gasteiger partial charge on any atom is -0.338 e. The first-order chi connectivity index (χ1) is 16.2. The summed E-state index contributed by atoms with van der Waals surface area (Å²) in [6.07, 6.45) is 4.68. The summed E-state index contributed by atoms with van der Waals surface area (Å²) < 4.78 is 35.8. The molecule has 1 aromatic carbocycles.